The van der Waals surface area contributed by atoms with Crippen LogP contribution in [0.1, 0.15) is 32.7 Å². The molecule has 6 atom stereocenters. The van der Waals surface area contributed by atoms with E-state index in [1.54, 1.807) is 24.5 Å². The van der Waals surface area contributed by atoms with Gasteiger partial charge >= 0.3 is 0 Å². The number of pyridine rings is 1. The third kappa shape index (κ3) is 3.94. The average Bonchev–Trinajstić information content (AvgIpc) is 2.89. The van der Waals surface area contributed by atoms with Gasteiger partial charge in [0.2, 0.25) is 5.91 Å². The van der Waals surface area contributed by atoms with E-state index in [2.05, 4.69) is 10.3 Å². The number of carbonyl (C=O) groups excluding carboxylic acids is 6. The number of hydrogen-bond acceptors (Lipinski definition) is 11. The monoisotopic (exact) mass is 548 g/mol. The number of phenols is 1. The van der Waals surface area contributed by atoms with E-state index in [4.69, 9.17) is 5.73 Å². The molecule has 5 rings (SSSR count). The number of anilines is 1. The quantitative estimate of drug-likeness (QED) is 0.270. The van der Waals surface area contributed by atoms with Crippen molar-refractivity contribution < 1.29 is 39.0 Å². The van der Waals surface area contributed by atoms with Gasteiger partial charge in [-0.15, -0.1) is 0 Å². The summed E-state index contributed by atoms with van der Waals surface area (Å²) in [6.07, 6.45) is 3.04. The van der Waals surface area contributed by atoms with Crippen molar-refractivity contribution in [3.8, 4) is 5.75 Å². The lowest BCUT2D eigenvalue weighted by atomic mass is 9.52. The second-order valence-corrected chi connectivity index (χ2v) is 10.8. The topological polar surface area (TPSA) is 197 Å². The Morgan fingerprint density at radius 2 is 1.88 bits per heavy atom. The summed E-state index contributed by atoms with van der Waals surface area (Å²) < 4.78 is 0. The smallest absolute Gasteiger partial charge is 0.235 e. The molecule has 208 valence electrons. The molecule has 3 aliphatic carbocycles. The number of likely N-dealkylation sites (N-methyl/N-ethyl adjacent to an activating group) is 1. The molecule has 40 heavy (non-hydrogen) atoms. The highest BCUT2D eigenvalue weighted by atomic mass is 16.3. The molecule has 0 radical (unpaired) electrons. The maximum atomic E-state index is 13.8. The Balaban J connectivity index is 1.55. The lowest BCUT2D eigenvalue weighted by Gasteiger charge is -2.52. The first-order valence-electron chi connectivity index (χ1n) is 12.8. The predicted octanol–water partition coefficient (Wildman–Crippen LogP) is -0.443. The van der Waals surface area contributed by atoms with Crippen LogP contribution < -0.4 is 11.1 Å². The first-order chi connectivity index (χ1) is 18.9. The zero-order valence-electron chi connectivity index (χ0n) is 21.8. The van der Waals surface area contributed by atoms with Crippen molar-refractivity contribution in [3.05, 3.63) is 53.3 Å². The van der Waals surface area contributed by atoms with Crippen molar-refractivity contribution in [1.29, 1.82) is 0 Å². The van der Waals surface area contributed by atoms with Gasteiger partial charge in [0.25, 0.3) is 0 Å². The number of benzene rings is 1. The number of ketones is 5. The van der Waals surface area contributed by atoms with Crippen LogP contribution in [0.25, 0.3) is 0 Å². The summed E-state index contributed by atoms with van der Waals surface area (Å²) in [5, 5.41) is 25.2. The van der Waals surface area contributed by atoms with Crippen molar-refractivity contribution in [2.24, 2.45) is 29.4 Å². The number of nitrogens with two attached hydrogens (primary N) is 1. The maximum absolute atomic E-state index is 13.8. The van der Waals surface area contributed by atoms with E-state index < -0.39 is 70.1 Å². The van der Waals surface area contributed by atoms with Crippen LogP contribution in [0.15, 0.2) is 36.7 Å². The molecule has 12 nitrogen and oxygen atoms in total. The molecule has 0 bridgehead atoms. The average molecular weight is 549 g/mol. The van der Waals surface area contributed by atoms with Gasteiger partial charge in [0.1, 0.15) is 5.75 Å². The fraction of sp³-hybridized carbons (Fsp3) is 0.393. The van der Waals surface area contributed by atoms with Gasteiger partial charge in [0.05, 0.1) is 29.8 Å². The number of aromatic nitrogens is 1. The SMILES string of the molecule is CN(C)[C@@H]1C(=O)C(C(N)=O)C(=O)[C@@]2(O)C(=O)C3C(=O)c4c(O)ccc(C(=O)CNc5cccnc5)c4C[C@H]3C[C@@H]12. The van der Waals surface area contributed by atoms with Crippen LogP contribution >= 0.6 is 0 Å². The van der Waals surface area contributed by atoms with Gasteiger partial charge in [0.15, 0.2) is 40.4 Å². The van der Waals surface area contributed by atoms with Crippen LogP contribution in [0.2, 0.25) is 0 Å². The number of amides is 1. The predicted molar refractivity (Wildman–Crippen MR) is 138 cm³/mol. The lowest BCUT2D eigenvalue weighted by molar-refractivity contribution is -0.181. The number of nitrogens with one attached hydrogen (secondary N) is 1. The molecule has 2 saturated carbocycles. The van der Waals surface area contributed by atoms with Gasteiger partial charge in [-0.05, 0) is 62.7 Å². The Labute approximate surface area is 228 Å². The van der Waals surface area contributed by atoms with Gasteiger partial charge < -0.3 is 21.3 Å². The summed E-state index contributed by atoms with van der Waals surface area (Å²) in [7, 11) is 3.03. The molecule has 1 amide bonds. The molecule has 1 aromatic heterocycles. The van der Waals surface area contributed by atoms with E-state index in [0.29, 0.717) is 5.69 Å². The van der Waals surface area contributed by atoms with Crippen LogP contribution in [0.5, 0.6) is 5.75 Å². The molecule has 3 aliphatic rings. The molecule has 0 saturated heterocycles. The number of aliphatic hydroxyl groups is 1. The molecule has 2 unspecified atom stereocenters. The summed E-state index contributed by atoms with van der Waals surface area (Å²) in [5.41, 5.74) is 3.34. The molecule has 12 heteroatoms. The second kappa shape index (κ2) is 9.72. The number of hydrogen-bond donors (Lipinski definition) is 4. The van der Waals surface area contributed by atoms with Crippen molar-refractivity contribution in [3.63, 3.8) is 0 Å². The highest BCUT2D eigenvalue weighted by Crippen LogP contribution is 2.51. The minimum Gasteiger partial charge on any atom is -0.507 e. The van der Waals surface area contributed by atoms with Gasteiger partial charge in [-0.2, -0.15) is 0 Å². The number of nitrogens with zero attached hydrogens (tertiary/aromatic N) is 2. The number of rotatable bonds is 6. The number of primary amides is 1. The van der Waals surface area contributed by atoms with E-state index >= 15 is 0 Å². The molecule has 1 heterocycles. The van der Waals surface area contributed by atoms with Crippen LogP contribution in [0.3, 0.4) is 0 Å². The van der Waals surface area contributed by atoms with Crippen molar-refractivity contribution in [1.82, 2.24) is 9.88 Å². The largest absolute Gasteiger partial charge is 0.507 e. The zero-order chi connectivity index (χ0) is 29.1. The zero-order valence-corrected chi connectivity index (χ0v) is 21.8. The Kier molecular flexibility index (Phi) is 6.63. The van der Waals surface area contributed by atoms with E-state index in [0.717, 1.165) is 0 Å². The number of phenolic OH excluding ortho intramolecular Hbond substituents is 1. The van der Waals surface area contributed by atoms with Crippen LogP contribution in [-0.2, 0) is 25.6 Å². The fourth-order valence-corrected chi connectivity index (χ4v) is 6.61. The van der Waals surface area contributed by atoms with E-state index in [-0.39, 0.29) is 41.9 Å². The van der Waals surface area contributed by atoms with Crippen LogP contribution in [0.4, 0.5) is 5.69 Å². The van der Waals surface area contributed by atoms with Crippen molar-refractivity contribution in [2.75, 3.05) is 26.0 Å². The summed E-state index contributed by atoms with van der Waals surface area (Å²) in [4.78, 5) is 84.8. The highest BCUT2D eigenvalue weighted by Gasteiger charge is 2.69. The minimum atomic E-state index is -2.80. The summed E-state index contributed by atoms with van der Waals surface area (Å²) in [6.45, 7) is -0.132. The van der Waals surface area contributed by atoms with Crippen LogP contribution in [0, 0.1) is 23.7 Å². The number of aromatic hydroxyl groups is 1. The lowest BCUT2D eigenvalue weighted by Crippen LogP contribution is -2.74. The molecule has 5 N–H and O–H groups in total. The Bertz CT molecular complexity index is 1470. The maximum Gasteiger partial charge on any atom is 0.235 e. The Morgan fingerprint density at radius 1 is 1.15 bits per heavy atom. The van der Waals surface area contributed by atoms with Gasteiger partial charge in [-0.3, -0.25) is 38.7 Å². The molecular formula is C28H28N4O8. The number of carbonyl (C=O) groups is 6. The first-order valence-corrected chi connectivity index (χ1v) is 12.8. The first kappa shape index (κ1) is 27.3. The van der Waals surface area contributed by atoms with E-state index in [9.17, 15) is 39.0 Å². The normalized spacial score (nSPS) is 29.4. The third-order valence-corrected chi connectivity index (χ3v) is 8.36. The molecular weight excluding hydrogens is 520 g/mol. The molecule has 0 aliphatic heterocycles. The van der Waals surface area contributed by atoms with Crippen LogP contribution in [-0.4, -0.2) is 87.2 Å². The fourth-order valence-electron chi connectivity index (χ4n) is 6.61. The number of Topliss-reactive ketones (excluding diaryl/α,β-unsaturated/α-hetero) is 5. The molecule has 0 spiro atoms. The number of fused-ring (bicyclic) bond motifs is 3. The summed E-state index contributed by atoms with van der Waals surface area (Å²) >= 11 is 0. The summed E-state index contributed by atoms with van der Waals surface area (Å²) in [6, 6.07) is 4.82. The van der Waals surface area contributed by atoms with E-state index in [1.165, 1.54) is 31.1 Å². The molecule has 1 aromatic carbocycles. The Morgan fingerprint density at radius 3 is 2.50 bits per heavy atom. The second-order valence-electron chi connectivity index (χ2n) is 10.8. The minimum absolute atomic E-state index is 0.00814. The van der Waals surface area contributed by atoms with E-state index in [1.807, 2.05) is 0 Å². The molecule has 2 aromatic rings. The highest BCUT2D eigenvalue weighted by molar-refractivity contribution is 6.32. The third-order valence-electron chi connectivity index (χ3n) is 8.36. The van der Waals surface area contributed by atoms with Crippen molar-refractivity contribution in [2.45, 2.75) is 24.5 Å². The van der Waals surface area contributed by atoms with Gasteiger partial charge in [-0.1, -0.05) is 0 Å². The van der Waals surface area contributed by atoms with Gasteiger partial charge in [-0.25, -0.2) is 0 Å². The van der Waals surface area contributed by atoms with Gasteiger partial charge in [0, 0.05) is 23.9 Å². The standard InChI is InChI=1S/C28H28N4O8/c1-32(2)22-16-9-12-8-15-14(18(34)11-31-13-4-3-7-30-10-13)5-6-17(33)20(15)23(35)19(12)25(37)28(16,40)26(38)21(24(22)36)27(29)39/h3-7,10,12,16,19,21-22,31,33,40H,8-9,11H2,1-2H3,(H2,29,39)/t12-,16-,19?,21?,22-,28-/m0/s1. The van der Waals surface area contributed by atoms with Crippen molar-refractivity contribution >= 4 is 40.5 Å². The molecule has 2 fully saturated rings. The summed E-state index contributed by atoms with van der Waals surface area (Å²) in [5.74, 6) is -11.8. The Hall–Kier alpha value is -4.29.